The van der Waals surface area contributed by atoms with E-state index in [2.05, 4.69) is 24.8 Å². The average Bonchev–Trinajstić information content (AvgIpc) is 3.07. The molecule has 4 heterocycles. The van der Waals surface area contributed by atoms with Gasteiger partial charge in [0.1, 0.15) is 0 Å². The largest absolute Gasteiger partial charge is 0.347 e. The summed E-state index contributed by atoms with van der Waals surface area (Å²) in [5, 5.41) is 3.21. The predicted octanol–water partition coefficient (Wildman–Crippen LogP) is 1.96. The molecule has 2 aliphatic heterocycles. The van der Waals surface area contributed by atoms with E-state index >= 15 is 0 Å². The van der Waals surface area contributed by atoms with Gasteiger partial charge in [-0.3, -0.25) is 0 Å². The smallest absolute Gasteiger partial charge is 0.225 e. The zero-order chi connectivity index (χ0) is 13.6. The topological polar surface area (TPSA) is 45.2 Å². The van der Waals surface area contributed by atoms with Crippen LogP contribution in [0.1, 0.15) is 12.0 Å². The van der Waals surface area contributed by atoms with Crippen molar-refractivity contribution in [1.29, 1.82) is 0 Å². The monoisotopic (exact) mass is 287 g/mol. The first-order valence-electron chi connectivity index (χ1n) is 6.92. The van der Waals surface area contributed by atoms with Crippen LogP contribution in [0.15, 0.2) is 24.0 Å². The molecule has 4 rings (SSSR count). The van der Waals surface area contributed by atoms with Gasteiger partial charge in [0, 0.05) is 55.6 Å². The first-order chi connectivity index (χ1) is 9.74. The van der Waals surface area contributed by atoms with Gasteiger partial charge in [0.05, 0.1) is 0 Å². The predicted molar refractivity (Wildman–Crippen MR) is 80.4 cm³/mol. The molecule has 0 radical (unpaired) electrons. The fourth-order valence-electron chi connectivity index (χ4n) is 3.18. The van der Waals surface area contributed by atoms with Gasteiger partial charge in [0.2, 0.25) is 5.95 Å². The first-order valence-corrected chi connectivity index (χ1v) is 7.80. The molecule has 2 saturated heterocycles. The molecule has 1 spiro atoms. The molecular weight excluding hydrogens is 270 g/mol. The van der Waals surface area contributed by atoms with E-state index < -0.39 is 0 Å². The summed E-state index contributed by atoms with van der Waals surface area (Å²) in [5.74, 6) is 0.869. The fraction of sp³-hybridized carbons (Fsp3) is 0.500. The van der Waals surface area contributed by atoms with Gasteiger partial charge in [0.25, 0.3) is 0 Å². The molecule has 104 valence electrons. The standard InChI is InChI=1S/C14H17N5S/c1-11-6-16-12(17-7-11)19-9-14(10-19)2-4-18(8-14)13-15-3-5-20-13/h3,5-7H,2,4,8-10H2,1H3. The van der Waals surface area contributed by atoms with Crippen molar-refractivity contribution in [2.24, 2.45) is 5.41 Å². The third-order valence-electron chi connectivity index (χ3n) is 4.23. The molecule has 20 heavy (non-hydrogen) atoms. The Hall–Kier alpha value is -1.69. The highest BCUT2D eigenvalue weighted by Crippen LogP contribution is 2.42. The van der Waals surface area contributed by atoms with Crippen LogP contribution in [0.25, 0.3) is 0 Å². The Morgan fingerprint density at radius 1 is 1.10 bits per heavy atom. The molecule has 0 unspecified atom stereocenters. The third-order valence-corrected chi connectivity index (χ3v) is 5.06. The van der Waals surface area contributed by atoms with Gasteiger partial charge in [-0.2, -0.15) is 0 Å². The van der Waals surface area contributed by atoms with Gasteiger partial charge in [-0.25, -0.2) is 15.0 Å². The molecule has 0 amide bonds. The maximum absolute atomic E-state index is 4.42. The van der Waals surface area contributed by atoms with Crippen LogP contribution in [0.5, 0.6) is 0 Å². The Morgan fingerprint density at radius 2 is 1.85 bits per heavy atom. The van der Waals surface area contributed by atoms with Gasteiger partial charge in [-0.15, -0.1) is 11.3 Å². The van der Waals surface area contributed by atoms with Crippen LogP contribution in [0, 0.1) is 12.3 Å². The van der Waals surface area contributed by atoms with E-state index in [0.29, 0.717) is 5.41 Å². The first kappa shape index (κ1) is 12.1. The lowest BCUT2D eigenvalue weighted by Crippen LogP contribution is -2.58. The summed E-state index contributed by atoms with van der Waals surface area (Å²) in [6.07, 6.45) is 6.92. The lowest BCUT2D eigenvalue weighted by atomic mass is 9.79. The second-order valence-electron chi connectivity index (χ2n) is 5.90. The van der Waals surface area contributed by atoms with Crippen molar-refractivity contribution in [3.8, 4) is 0 Å². The molecule has 2 aromatic heterocycles. The number of rotatable bonds is 2. The molecular formula is C14H17N5S. The van der Waals surface area contributed by atoms with E-state index in [1.165, 1.54) is 6.42 Å². The highest BCUT2D eigenvalue weighted by molar-refractivity contribution is 7.13. The van der Waals surface area contributed by atoms with Crippen molar-refractivity contribution >= 4 is 22.4 Å². The van der Waals surface area contributed by atoms with Crippen LogP contribution in [0.4, 0.5) is 11.1 Å². The maximum Gasteiger partial charge on any atom is 0.225 e. The molecule has 5 nitrogen and oxygen atoms in total. The normalized spacial score (nSPS) is 20.4. The van der Waals surface area contributed by atoms with Crippen molar-refractivity contribution < 1.29 is 0 Å². The zero-order valence-electron chi connectivity index (χ0n) is 11.5. The molecule has 6 heteroatoms. The van der Waals surface area contributed by atoms with E-state index in [4.69, 9.17) is 0 Å². The molecule has 2 aliphatic rings. The molecule has 2 aromatic rings. The van der Waals surface area contributed by atoms with Gasteiger partial charge in [-0.05, 0) is 18.9 Å². The van der Waals surface area contributed by atoms with Crippen molar-refractivity contribution in [3.05, 3.63) is 29.5 Å². The Labute approximate surface area is 122 Å². The number of anilines is 2. The van der Waals surface area contributed by atoms with Crippen LogP contribution < -0.4 is 9.80 Å². The summed E-state index contributed by atoms with van der Waals surface area (Å²) >= 11 is 1.73. The highest BCUT2D eigenvalue weighted by atomic mass is 32.1. The minimum Gasteiger partial charge on any atom is -0.347 e. The Kier molecular flexibility index (Phi) is 2.66. The number of thiazole rings is 1. The third kappa shape index (κ3) is 1.95. The Balaban J connectivity index is 1.42. The minimum absolute atomic E-state index is 0.417. The highest BCUT2D eigenvalue weighted by Gasteiger charge is 2.48. The summed E-state index contributed by atoms with van der Waals surface area (Å²) in [4.78, 5) is 17.9. The van der Waals surface area contributed by atoms with E-state index in [-0.39, 0.29) is 0 Å². The molecule has 0 aromatic carbocycles. The number of aromatic nitrogens is 3. The minimum atomic E-state index is 0.417. The Bertz CT molecular complexity index is 589. The molecule has 0 N–H and O–H groups in total. The van der Waals surface area contributed by atoms with Gasteiger partial charge < -0.3 is 9.80 Å². The van der Waals surface area contributed by atoms with Crippen molar-refractivity contribution in [2.75, 3.05) is 36.0 Å². The summed E-state index contributed by atoms with van der Waals surface area (Å²) < 4.78 is 0. The maximum atomic E-state index is 4.42. The van der Waals surface area contributed by atoms with Crippen LogP contribution in [-0.2, 0) is 0 Å². The van der Waals surface area contributed by atoms with Crippen molar-refractivity contribution in [3.63, 3.8) is 0 Å². The lowest BCUT2D eigenvalue weighted by Gasteiger charge is -2.47. The van der Waals surface area contributed by atoms with Gasteiger partial charge >= 0.3 is 0 Å². The summed E-state index contributed by atoms with van der Waals surface area (Å²) in [6.45, 7) is 6.39. The SMILES string of the molecule is Cc1cnc(N2CC3(CCN(c4nccs4)C3)C2)nc1. The number of hydrogen-bond donors (Lipinski definition) is 0. The van der Waals surface area contributed by atoms with E-state index in [9.17, 15) is 0 Å². The Morgan fingerprint density at radius 3 is 2.55 bits per heavy atom. The summed E-state index contributed by atoms with van der Waals surface area (Å²) in [6, 6.07) is 0. The number of nitrogens with zero attached hydrogens (tertiary/aromatic N) is 5. The zero-order valence-corrected chi connectivity index (χ0v) is 12.3. The van der Waals surface area contributed by atoms with Crippen LogP contribution >= 0.6 is 11.3 Å². The van der Waals surface area contributed by atoms with Crippen LogP contribution in [-0.4, -0.2) is 41.1 Å². The van der Waals surface area contributed by atoms with Crippen LogP contribution in [0.3, 0.4) is 0 Å². The van der Waals surface area contributed by atoms with Gasteiger partial charge in [-0.1, -0.05) is 0 Å². The quantitative estimate of drug-likeness (QED) is 0.845. The second-order valence-corrected chi connectivity index (χ2v) is 6.78. The van der Waals surface area contributed by atoms with E-state index in [1.807, 2.05) is 30.9 Å². The number of hydrogen-bond acceptors (Lipinski definition) is 6. The van der Waals surface area contributed by atoms with Gasteiger partial charge in [0.15, 0.2) is 5.13 Å². The summed E-state index contributed by atoms with van der Waals surface area (Å²) in [7, 11) is 0. The molecule has 0 aliphatic carbocycles. The number of aryl methyl sites for hydroxylation is 1. The summed E-state index contributed by atoms with van der Waals surface area (Å²) in [5.41, 5.74) is 1.53. The fourth-order valence-corrected chi connectivity index (χ4v) is 3.85. The lowest BCUT2D eigenvalue weighted by molar-refractivity contribution is 0.243. The van der Waals surface area contributed by atoms with Crippen molar-refractivity contribution in [2.45, 2.75) is 13.3 Å². The van der Waals surface area contributed by atoms with E-state index in [1.54, 1.807) is 11.3 Å². The van der Waals surface area contributed by atoms with Crippen LogP contribution in [0.2, 0.25) is 0 Å². The molecule has 0 saturated carbocycles. The van der Waals surface area contributed by atoms with E-state index in [0.717, 1.165) is 42.8 Å². The molecule has 0 bridgehead atoms. The van der Waals surface area contributed by atoms with Crippen molar-refractivity contribution in [1.82, 2.24) is 15.0 Å². The second kappa shape index (κ2) is 4.41. The molecule has 2 fully saturated rings. The average molecular weight is 287 g/mol. The molecule has 0 atom stereocenters.